The van der Waals surface area contributed by atoms with Crippen molar-refractivity contribution in [2.45, 2.75) is 46.3 Å². The average molecular weight is 221 g/mol. The highest BCUT2D eigenvalue weighted by molar-refractivity contribution is 5.28. The standard InChI is InChI=1S/C14H23NO/c1-4-5-14(16)10-15-9-13-7-11(2)6-12(3)8-13/h6-8,14-16H,4-5,9-10H2,1-3H3. The largest absolute Gasteiger partial charge is 0.392 e. The quantitative estimate of drug-likeness (QED) is 0.773. The van der Waals surface area contributed by atoms with E-state index in [-0.39, 0.29) is 6.10 Å². The van der Waals surface area contributed by atoms with Crippen molar-refractivity contribution in [1.29, 1.82) is 0 Å². The Morgan fingerprint density at radius 3 is 2.38 bits per heavy atom. The minimum atomic E-state index is -0.212. The average Bonchev–Trinajstić information content (AvgIpc) is 2.16. The summed E-state index contributed by atoms with van der Waals surface area (Å²) in [6.07, 6.45) is 1.70. The molecule has 0 spiro atoms. The molecule has 0 aliphatic heterocycles. The zero-order valence-electron chi connectivity index (χ0n) is 10.6. The summed E-state index contributed by atoms with van der Waals surface area (Å²) in [5.41, 5.74) is 3.89. The van der Waals surface area contributed by atoms with Crippen molar-refractivity contribution in [2.75, 3.05) is 6.54 Å². The number of aliphatic hydroxyl groups excluding tert-OH is 1. The zero-order valence-corrected chi connectivity index (χ0v) is 10.6. The third-order valence-corrected chi connectivity index (χ3v) is 2.61. The van der Waals surface area contributed by atoms with Crippen molar-refractivity contribution < 1.29 is 5.11 Å². The van der Waals surface area contributed by atoms with E-state index in [1.54, 1.807) is 0 Å². The summed E-state index contributed by atoms with van der Waals surface area (Å²) in [4.78, 5) is 0. The highest BCUT2D eigenvalue weighted by Gasteiger charge is 2.02. The van der Waals surface area contributed by atoms with Gasteiger partial charge in [-0.05, 0) is 25.8 Å². The number of hydrogen-bond acceptors (Lipinski definition) is 2. The first-order chi connectivity index (χ1) is 7.61. The fraction of sp³-hybridized carbons (Fsp3) is 0.571. The van der Waals surface area contributed by atoms with Crippen LogP contribution in [0, 0.1) is 13.8 Å². The molecule has 0 radical (unpaired) electrons. The molecule has 0 bridgehead atoms. The maximum absolute atomic E-state index is 9.57. The second-order valence-corrected chi connectivity index (χ2v) is 4.57. The van der Waals surface area contributed by atoms with Gasteiger partial charge in [-0.1, -0.05) is 42.7 Å². The van der Waals surface area contributed by atoms with E-state index in [1.807, 2.05) is 0 Å². The Kier molecular flexibility index (Phi) is 5.50. The lowest BCUT2D eigenvalue weighted by molar-refractivity contribution is 0.160. The lowest BCUT2D eigenvalue weighted by Crippen LogP contribution is -2.26. The van der Waals surface area contributed by atoms with Crippen LogP contribution in [-0.4, -0.2) is 17.8 Å². The topological polar surface area (TPSA) is 32.3 Å². The molecule has 0 fully saturated rings. The third kappa shape index (κ3) is 4.77. The van der Waals surface area contributed by atoms with Crippen molar-refractivity contribution in [3.8, 4) is 0 Å². The van der Waals surface area contributed by atoms with Gasteiger partial charge in [-0.2, -0.15) is 0 Å². The second-order valence-electron chi connectivity index (χ2n) is 4.57. The second kappa shape index (κ2) is 6.66. The SMILES string of the molecule is CCCC(O)CNCc1cc(C)cc(C)c1. The molecule has 1 unspecified atom stereocenters. The fourth-order valence-corrected chi connectivity index (χ4v) is 1.99. The third-order valence-electron chi connectivity index (χ3n) is 2.61. The molecule has 1 atom stereocenters. The molecule has 0 amide bonds. The van der Waals surface area contributed by atoms with E-state index in [0.717, 1.165) is 19.4 Å². The monoisotopic (exact) mass is 221 g/mol. The van der Waals surface area contributed by atoms with E-state index in [4.69, 9.17) is 0 Å². The van der Waals surface area contributed by atoms with Crippen LogP contribution in [0.2, 0.25) is 0 Å². The Hall–Kier alpha value is -0.860. The van der Waals surface area contributed by atoms with E-state index in [0.29, 0.717) is 6.54 Å². The van der Waals surface area contributed by atoms with Crippen LogP contribution in [0.15, 0.2) is 18.2 Å². The number of aliphatic hydroxyl groups is 1. The number of hydrogen-bond donors (Lipinski definition) is 2. The van der Waals surface area contributed by atoms with Crippen LogP contribution in [0.1, 0.15) is 36.5 Å². The number of aryl methyl sites for hydroxylation is 2. The molecular weight excluding hydrogens is 198 g/mol. The predicted octanol–water partition coefficient (Wildman–Crippen LogP) is 2.55. The van der Waals surface area contributed by atoms with Crippen molar-refractivity contribution in [3.63, 3.8) is 0 Å². The molecule has 2 nitrogen and oxygen atoms in total. The smallest absolute Gasteiger partial charge is 0.0664 e. The van der Waals surface area contributed by atoms with E-state index in [9.17, 15) is 5.11 Å². The van der Waals surface area contributed by atoms with Gasteiger partial charge in [-0.3, -0.25) is 0 Å². The summed E-state index contributed by atoms with van der Waals surface area (Å²) < 4.78 is 0. The van der Waals surface area contributed by atoms with Gasteiger partial charge < -0.3 is 10.4 Å². The van der Waals surface area contributed by atoms with Gasteiger partial charge >= 0.3 is 0 Å². The molecular formula is C14H23NO. The molecule has 1 aromatic rings. The minimum Gasteiger partial charge on any atom is -0.392 e. The highest BCUT2D eigenvalue weighted by Crippen LogP contribution is 2.08. The van der Waals surface area contributed by atoms with Gasteiger partial charge in [-0.25, -0.2) is 0 Å². The summed E-state index contributed by atoms with van der Waals surface area (Å²) >= 11 is 0. The fourth-order valence-electron chi connectivity index (χ4n) is 1.99. The van der Waals surface area contributed by atoms with E-state index >= 15 is 0 Å². The summed E-state index contributed by atoms with van der Waals surface area (Å²) in [5, 5.41) is 12.9. The summed E-state index contributed by atoms with van der Waals surface area (Å²) in [6.45, 7) is 7.84. The minimum absolute atomic E-state index is 0.212. The lowest BCUT2D eigenvalue weighted by Gasteiger charge is -2.11. The first-order valence-electron chi connectivity index (χ1n) is 6.07. The van der Waals surface area contributed by atoms with E-state index in [1.165, 1.54) is 16.7 Å². The molecule has 16 heavy (non-hydrogen) atoms. The molecule has 90 valence electrons. The van der Waals surface area contributed by atoms with Gasteiger partial charge in [0.1, 0.15) is 0 Å². The van der Waals surface area contributed by atoms with Gasteiger partial charge in [-0.15, -0.1) is 0 Å². The summed E-state index contributed by atoms with van der Waals surface area (Å²) in [7, 11) is 0. The lowest BCUT2D eigenvalue weighted by atomic mass is 10.1. The van der Waals surface area contributed by atoms with Gasteiger partial charge in [0, 0.05) is 13.1 Å². The van der Waals surface area contributed by atoms with Gasteiger partial charge in [0.2, 0.25) is 0 Å². The number of rotatable bonds is 6. The molecule has 2 heteroatoms. The molecule has 1 aromatic carbocycles. The maximum atomic E-state index is 9.57. The van der Waals surface area contributed by atoms with E-state index < -0.39 is 0 Å². The Balaban J connectivity index is 2.37. The van der Waals surface area contributed by atoms with E-state index in [2.05, 4.69) is 44.3 Å². The normalized spacial score (nSPS) is 12.8. The Morgan fingerprint density at radius 2 is 1.81 bits per heavy atom. The first-order valence-corrected chi connectivity index (χ1v) is 6.07. The molecule has 0 aliphatic rings. The maximum Gasteiger partial charge on any atom is 0.0664 e. The molecule has 0 heterocycles. The summed E-state index contributed by atoms with van der Waals surface area (Å²) in [5.74, 6) is 0. The van der Waals surface area contributed by atoms with Crippen molar-refractivity contribution in [1.82, 2.24) is 5.32 Å². The van der Waals surface area contributed by atoms with Gasteiger partial charge in [0.15, 0.2) is 0 Å². The number of nitrogens with one attached hydrogen (secondary N) is 1. The molecule has 0 saturated heterocycles. The van der Waals surface area contributed by atoms with Crippen LogP contribution in [0.5, 0.6) is 0 Å². The molecule has 2 N–H and O–H groups in total. The van der Waals surface area contributed by atoms with Crippen LogP contribution in [0.3, 0.4) is 0 Å². The van der Waals surface area contributed by atoms with Crippen LogP contribution in [0.25, 0.3) is 0 Å². The molecule has 0 saturated carbocycles. The van der Waals surface area contributed by atoms with Crippen molar-refractivity contribution in [3.05, 3.63) is 34.9 Å². The molecule has 0 aliphatic carbocycles. The van der Waals surface area contributed by atoms with Crippen molar-refractivity contribution in [2.24, 2.45) is 0 Å². The highest BCUT2D eigenvalue weighted by atomic mass is 16.3. The summed E-state index contributed by atoms with van der Waals surface area (Å²) in [6, 6.07) is 6.55. The van der Waals surface area contributed by atoms with Gasteiger partial charge in [0.05, 0.1) is 6.10 Å². The Labute approximate surface area is 98.7 Å². The molecule has 1 rings (SSSR count). The van der Waals surface area contributed by atoms with Crippen LogP contribution >= 0.6 is 0 Å². The van der Waals surface area contributed by atoms with Crippen molar-refractivity contribution >= 4 is 0 Å². The predicted molar refractivity (Wildman–Crippen MR) is 68.5 cm³/mol. The number of benzene rings is 1. The van der Waals surface area contributed by atoms with Crippen LogP contribution in [0.4, 0.5) is 0 Å². The van der Waals surface area contributed by atoms with Gasteiger partial charge in [0.25, 0.3) is 0 Å². The first kappa shape index (κ1) is 13.2. The Bertz CT molecular complexity index is 302. The molecule has 0 aromatic heterocycles. The van der Waals surface area contributed by atoms with Crippen LogP contribution < -0.4 is 5.32 Å². The Morgan fingerprint density at radius 1 is 1.19 bits per heavy atom. The zero-order chi connectivity index (χ0) is 12.0. The van der Waals surface area contributed by atoms with Crippen LogP contribution in [-0.2, 0) is 6.54 Å².